The first-order valence-electron chi connectivity index (χ1n) is 15.3. The molecule has 5 rings (SSSR count). The van der Waals surface area contributed by atoms with Crippen molar-refractivity contribution in [2.75, 3.05) is 39.3 Å². The van der Waals surface area contributed by atoms with E-state index in [0.29, 0.717) is 29.3 Å². The molecule has 0 amide bonds. The number of likely N-dealkylation sites (tertiary alicyclic amines) is 1. The Morgan fingerprint density at radius 3 is 2.37 bits per heavy atom. The number of ether oxygens (including phenoxy) is 2. The van der Waals surface area contributed by atoms with Crippen LogP contribution in [0.25, 0.3) is 0 Å². The molecule has 4 heteroatoms. The maximum absolute atomic E-state index is 6.78. The van der Waals surface area contributed by atoms with Gasteiger partial charge in [-0.3, -0.25) is 0 Å². The molecule has 0 N–H and O–H groups in total. The van der Waals surface area contributed by atoms with Gasteiger partial charge in [0.25, 0.3) is 0 Å². The van der Waals surface area contributed by atoms with Crippen molar-refractivity contribution in [3.05, 3.63) is 12.2 Å². The lowest BCUT2D eigenvalue weighted by molar-refractivity contribution is -0.316. The Kier molecular flexibility index (Phi) is 8.05. The Morgan fingerprint density at radius 2 is 1.69 bits per heavy atom. The molecule has 3 saturated carbocycles. The Hall–Kier alpha value is -0.420. The average Bonchev–Trinajstić information content (AvgIpc) is 3.40. The number of hydrogen-bond donors (Lipinski definition) is 0. The molecular weight excluding hydrogens is 432 g/mol. The van der Waals surface area contributed by atoms with Gasteiger partial charge in [-0.2, -0.15) is 0 Å². The SMILES string of the molecule is C=C1CCC2[C@]3(C)CO[C@@H](C4CCCC4)O[C@@H]3CC[C@@]2(C)[C@@H]1CCN1CCC(N(CC)CC)CC1. The molecule has 2 saturated heterocycles. The van der Waals surface area contributed by atoms with E-state index in [4.69, 9.17) is 9.47 Å². The van der Waals surface area contributed by atoms with Crippen LogP contribution in [0.15, 0.2) is 12.2 Å². The van der Waals surface area contributed by atoms with Crippen LogP contribution >= 0.6 is 0 Å². The lowest BCUT2D eigenvalue weighted by Crippen LogP contribution is -2.62. The fraction of sp³-hybridized carbons (Fsp3) is 0.935. The predicted molar refractivity (Wildman–Crippen MR) is 144 cm³/mol. The van der Waals surface area contributed by atoms with Crippen LogP contribution in [0.5, 0.6) is 0 Å². The Morgan fingerprint density at radius 1 is 0.971 bits per heavy atom. The summed E-state index contributed by atoms with van der Waals surface area (Å²) in [6, 6.07) is 0.794. The third kappa shape index (κ3) is 4.91. The number of fused-ring (bicyclic) bond motifs is 3. The van der Waals surface area contributed by atoms with E-state index in [2.05, 4.69) is 44.1 Å². The molecule has 5 aliphatic rings. The smallest absolute Gasteiger partial charge is 0.160 e. The van der Waals surface area contributed by atoms with Crippen LogP contribution in [-0.4, -0.2) is 67.6 Å². The van der Waals surface area contributed by atoms with Gasteiger partial charge in [0.1, 0.15) is 0 Å². The maximum atomic E-state index is 6.78. The van der Waals surface area contributed by atoms with Gasteiger partial charge in [-0.15, -0.1) is 0 Å². The van der Waals surface area contributed by atoms with E-state index in [1.54, 1.807) is 0 Å². The fourth-order valence-corrected chi connectivity index (χ4v) is 9.42. The quantitative estimate of drug-likeness (QED) is 0.383. The van der Waals surface area contributed by atoms with Crippen molar-refractivity contribution in [3.8, 4) is 0 Å². The third-order valence-corrected chi connectivity index (χ3v) is 11.6. The zero-order valence-electron chi connectivity index (χ0n) is 23.4. The highest BCUT2D eigenvalue weighted by atomic mass is 16.7. The Labute approximate surface area is 216 Å². The zero-order valence-corrected chi connectivity index (χ0v) is 23.4. The van der Waals surface area contributed by atoms with Gasteiger partial charge < -0.3 is 19.3 Å². The molecule has 35 heavy (non-hydrogen) atoms. The van der Waals surface area contributed by atoms with E-state index in [0.717, 1.165) is 12.6 Å². The monoisotopic (exact) mass is 486 g/mol. The van der Waals surface area contributed by atoms with Gasteiger partial charge in [0, 0.05) is 17.4 Å². The second-order valence-corrected chi connectivity index (χ2v) is 13.3. The lowest BCUT2D eigenvalue weighted by atomic mass is 9.46. The van der Waals surface area contributed by atoms with Crippen LogP contribution in [0.3, 0.4) is 0 Å². The van der Waals surface area contributed by atoms with E-state index < -0.39 is 0 Å². The normalized spacial score (nSPS) is 41.8. The number of rotatable bonds is 7. The van der Waals surface area contributed by atoms with E-state index in [1.807, 2.05) is 0 Å². The molecule has 0 aromatic heterocycles. The molecule has 4 nitrogen and oxygen atoms in total. The zero-order chi connectivity index (χ0) is 24.6. The molecule has 200 valence electrons. The van der Waals surface area contributed by atoms with Crippen molar-refractivity contribution in [2.24, 2.45) is 28.6 Å². The highest BCUT2D eigenvalue weighted by molar-refractivity contribution is 5.18. The first-order valence-corrected chi connectivity index (χ1v) is 15.3. The molecule has 0 bridgehead atoms. The van der Waals surface area contributed by atoms with Crippen LogP contribution in [0.1, 0.15) is 98.3 Å². The standard InChI is InChI=1S/C31H54N2O2/c1-6-33(7-2)25-15-19-32(20-16-25)21-17-26-23(3)12-13-27-30(26,4)18-14-28-31(27,5)22-34-29(35-28)24-10-8-9-11-24/h24-29H,3,6-22H2,1-2,4-5H3/t26-,27?,28-,29-,30+,31+/m1/s1. The first-order chi connectivity index (χ1) is 16.9. The highest BCUT2D eigenvalue weighted by Gasteiger charge is 2.60. The van der Waals surface area contributed by atoms with Gasteiger partial charge in [-0.05, 0) is 108 Å². The molecule has 0 aromatic rings. The predicted octanol–water partition coefficient (Wildman–Crippen LogP) is 6.50. The van der Waals surface area contributed by atoms with Crippen LogP contribution in [0, 0.1) is 28.6 Å². The summed E-state index contributed by atoms with van der Waals surface area (Å²) in [6.45, 7) is 21.5. The van der Waals surface area contributed by atoms with Crippen LogP contribution in [-0.2, 0) is 9.47 Å². The molecular formula is C31H54N2O2. The molecule has 2 heterocycles. The van der Waals surface area contributed by atoms with Gasteiger partial charge in [0.2, 0.25) is 0 Å². The average molecular weight is 487 g/mol. The van der Waals surface area contributed by atoms with Crippen LogP contribution in [0.4, 0.5) is 0 Å². The summed E-state index contributed by atoms with van der Waals surface area (Å²) in [5, 5.41) is 0. The molecule has 0 radical (unpaired) electrons. The van der Waals surface area contributed by atoms with Crippen molar-refractivity contribution in [3.63, 3.8) is 0 Å². The molecule has 0 aromatic carbocycles. The molecule has 1 unspecified atom stereocenters. The third-order valence-electron chi connectivity index (χ3n) is 11.6. The second-order valence-electron chi connectivity index (χ2n) is 13.3. The Bertz CT molecular complexity index is 723. The summed E-state index contributed by atoms with van der Waals surface area (Å²) in [5.74, 6) is 1.96. The summed E-state index contributed by atoms with van der Waals surface area (Å²) in [5.41, 5.74) is 2.03. The van der Waals surface area contributed by atoms with Gasteiger partial charge in [-0.1, -0.05) is 52.7 Å². The number of piperidine rings is 1. The van der Waals surface area contributed by atoms with Crippen molar-refractivity contribution in [2.45, 2.75) is 117 Å². The lowest BCUT2D eigenvalue weighted by Gasteiger charge is -2.63. The molecule has 6 atom stereocenters. The second kappa shape index (κ2) is 10.8. The number of hydrogen-bond acceptors (Lipinski definition) is 4. The number of nitrogens with zero attached hydrogens (tertiary/aromatic N) is 2. The minimum absolute atomic E-state index is 0.0635. The Balaban J connectivity index is 1.21. The minimum atomic E-state index is 0.0635. The summed E-state index contributed by atoms with van der Waals surface area (Å²) in [6.07, 6.45) is 14.7. The minimum Gasteiger partial charge on any atom is -0.352 e. The van der Waals surface area contributed by atoms with E-state index in [-0.39, 0.29) is 11.7 Å². The van der Waals surface area contributed by atoms with Crippen LogP contribution in [0.2, 0.25) is 0 Å². The van der Waals surface area contributed by atoms with E-state index in [9.17, 15) is 0 Å². The van der Waals surface area contributed by atoms with Gasteiger partial charge >= 0.3 is 0 Å². The topological polar surface area (TPSA) is 24.9 Å². The summed E-state index contributed by atoms with van der Waals surface area (Å²) in [4.78, 5) is 5.42. The van der Waals surface area contributed by atoms with Crippen LogP contribution < -0.4 is 0 Å². The number of allylic oxidation sites excluding steroid dienone is 1. The maximum Gasteiger partial charge on any atom is 0.160 e. The summed E-state index contributed by atoms with van der Waals surface area (Å²) in [7, 11) is 0. The summed E-state index contributed by atoms with van der Waals surface area (Å²) < 4.78 is 13.3. The van der Waals surface area contributed by atoms with Crippen molar-refractivity contribution < 1.29 is 9.47 Å². The highest BCUT2D eigenvalue weighted by Crippen LogP contribution is 2.63. The molecule has 2 aliphatic heterocycles. The summed E-state index contributed by atoms with van der Waals surface area (Å²) >= 11 is 0. The largest absolute Gasteiger partial charge is 0.352 e. The van der Waals surface area contributed by atoms with E-state index in [1.165, 1.54) is 109 Å². The van der Waals surface area contributed by atoms with Crippen molar-refractivity contribution in [1.82, 2.24) is 9.80 Å². The van der Waals surface area contributed by atoms with E-state index >= 15 is 0 Å². The van der Waals surface area contributed by atoms with Crippen molar-refractivity contribution in [1.29, 1.82) is 0 Å². The molecule has 5 fully saturated rings. The van der Waals surface area contributed by atoms with Gasteiger partial charge in [-0.25, -0.2) is 0 Å². The van der Waals surface area contributed by atoms with Gasteiger partial charge in [0.15, 0.2) is 6.29 Å². The molecule has 3 aliphatic carbocycles. The fourth-order valence-electron chi connectivity index (χ4n) is 9.42. The molecule has 0 spiro atoms. The van der Waals surface area contributed by atoms with Crippen molar-refractivity contribution >= 4 is 0 Å². The van der Waals surface area contributed by atoms with Gasteiger partial charge in [0.05, 0.1) is 12.7 Å². The first kappa shape index (κ1) is 26.2.